The van der Waals surface area contributed by atoms with Gasteiger partial charge in [0.1, 0.15) is 23.8 Å². The Morgan fingerprint density at radius 2 is 1.73 bits per heavy atom. The van der Waals surface area contributed by atoms with Crippen molar-refractivity contribution in [3.63, 3.8) is 0 Å². The summed E-state index contributed by atoms with van der Waals surface area (Å²) in [6.07, 6.45) is 1.77. The van der Waals surface area contributed by atoms with Gasteiger partial charge in [0.25, 0.3) is 11.5 Å². The molecule has 2 N–H and O–H groups in total. The summed E-state index contributed by atoms with van der Waals surface area (Å²) in [6, 6.07) is 17.9. The van der Waals surface area contributed by atoms with Crippen molar-refractivity contribution in [3.8, 4) is 0 Å². The summed E-state index contributed by atoms with van der Waals surface area (Å²) in [4.78, 5) is 41.6. The third-order valence-corrected chi connectivity index (χ3v) is 4.78. The number of hydrogen-bond acceptors (Lipinski definition) is 5. The monoisotopic (exact) mass is 446 g/mol. The number of carbonyl (C=O) groups is 2. The van der Waals surface area contributed by atoms with E-state index in [0.29, 0.717) is 5.65 Å². The Balaban J connectivity index is 1.45. The van der Waals surface area contributed by atoms with Gasteiger partial charge in [-0.05, 0) is 35.4 Å². The Hall–Kier alpha value is -4.53. The molecule has 0 radical (unpaired) electrons. The number of nitrogens with one attached hydrogen (secondary N) is 2. The molecule has 0 atom stereocenters. The summed E-state index contributed by atoms with van der Waals surface area (Å²) in [5.41, 5.74) is 1.40. The molecule has 0 fully saturated rings. The van der Waals surface area contributed by atoms with Gasteiger partial charge in [-0.3, -0.25) is 19.3 Å². The van der Waals surface area contributed by atoms with Gasteiger partial charge >= 0.3 is 6.09 Å². The van der Waals surface area contributed by atoms with Crippen LogP contribution in [0.1, 0.15) is 21.5 Å². The van der Waals surface area contributed by atoms with Crippen molar-refractivity contribution >= 4 is 23.3 Å². The minimum Gasteiger partial charge on any atom is -0.444 e. The number of ether oxygens (including phenoxy) is 1. The minimum atomic E-state index is -0.800. The van der Waals surface area contributed by atoms with Crippen molar-refractivity contribution in [3.05, 3.63) is 112 Å². The Morgan fingerprint density at radius 3 is 2.48 bits per heavy atom. The van der Waals surface area contributed by atoms with Crippen molar-refractivity contribution in [1.82, 2.24) is 14.7 Å². The van der Waals surface area contributed by atoms with E-state index in [2.05, 4.69) is 15.6 Å². The minimum absolute atomic E-state index is 0.0490. The van der Waals surface area contributed by atoms with Crippen LogP contribution in [0.5, 0.6) is 0 Å². The quantitative estimate of drug-likeness (QED) is 0.472. The standard InChI is InChI=1S/C24H19FN4O4/c25-19-9-6-16(7-10-19)12-27-22(30)18-8-11-21-26-13-20(23(31)29(21)14-18)28-24(32)33-15-17-4-2-1-3-5-17/h1-11,13-14H,12,15H2,(H,27,30)(H,28,32). The molecule has 2 aromatic carbocycles. The molecule has 4 rings (SSSR count). The summed E-state index contributed by atoms with van der Waals surface area (Å²) < 4.78 is 19.3. The van der Waals surface area contributed by atoms with Crippen molar-refractivity contribution < 1.29 is 18.7 Å². The Labute approximate surface area is 187 Å². The van der Waals surface area contributed by atoms with Crippen LogP contribution in [0.4, 0.5) is 14.9 Å². The molecule has 0 bridgehead atoms. The third-order valence-electron chi connectivity index (χ3n) is 4.78. The lowest BCUT2D eigenvalue weighted by Gasteiger charge is -2.09. The fourth-order valence-electron chi connectivity index (χ4n) is 3.05. The van der Waals surface area contributed by atoms with Gasteiger partial charge in [0.2, 0.25) is 0 Å². The number of benzene rings is 2. The highest BCUT2D eigenvalue weighted by molar-refractivity contribution is 5.94. The lowest BCUT2D eigenvalue weighted by molar-refractivity contribution is 0.0950. The van der Waals surface area contributed by atoms with Crippen LogP contribution in [0.3, 0.4) is 0 Å². The van der Waals surface area contributed by atoms with Crippen molar-refractivity contribution in [1.29, 1.82) is 0 Å². The fourth-order valence-corrected chi connectivity index (χ4v) is 3.05. The van der Waals surface area contributed by atoms with Crippen LogP contribution in [0.15, 0.2) is 83.9 Å². The van der Waals surface area contributed by atoms with Crippen molar-refractivity contribution in [2.45, 2.75) is 13.2 Å². The molecule has 0 aliphatic carbocycles. The summed E-state index contributed by atoms with van der Waals surface area (Å²) in [5, 5.41) is 5.10. The molecule has 0 unspecified atom stereocenters. The van der Waals surface area contributed by atoms with Crippen LogP contribution >= 0.6 is 0 Å². The molecule has 9 heteroatoms. The molecule has 33 heavy (non-hydrogen) atoms. The predicted molar refractivity (Wildman–Crippen MR) is 119 cm³/mol. The SMILES string of the molecule is O=C(Nc1cnc2ccc(C(=O)NCc3ccc(F)cc3)cn2c1=O)OCc1ccccc1. The maximum Gasteiger partial charge on any atom is 0.412 e. The highest BCUT2D eigenvalue weighted by atomic mass is 19.1. The summed E-state index contributed by atoms with van der Waals surface area (Å²) in [6.45, 7) is 0.243. The smallest absolute Gasteiger partial charge is 0.412 e. The molecule has 4 aromatic rings. The molecular weight excluding hydrogens is 427 g/mol. The van der Waals surface area contributed by atoms with E-state index in [1.54, 1.807) is 12.1 Å². The summed E-state index contributed by atoms with van der Waals surface area (Å²) in [7, 11) is 0. The zero-order chi connectivity index (χ0) is 23.2. The largest absolute Gasteiger partial charge is 0.444 e. The van der Waals surface area contributed by atoms with Gasteiger partial charge in [0.05, 0.1) is 11.8 Å². The first-order valence-electron chi connectivity index (χ1n) is 10.0. The average molecular weight is 446 g/mol. The molecule has 0 aliphatic heterocycles. The van der Waals surface area contributed by atoms with Crippen LogP contribution in [-0.4, -0.2) is 21.4 Å². The molecule has 0 saturated heterocycles. The molecule has 2 heterocycles. The zero-order valence-corrected chi connectivity index (χ0v) is 17.3. The second kappa shape index (κ2) is 9.73. The van der Waals surface area contributed by atoms with E-state index >= 15 is 0 Å². The number of amides is 2. The van der Waals surface area contributed by atoms with Crippen LogP contribution in [0, 0.1) is 5.82 Å². The second-order valence-electron chi connectivity index (χ2n) is 7.12. The number of nitrogens with zero attached hydrogens (tertiary/aromatic N) is 2. The van der Waals surface area contributed by atoms with Gasteiger partial charge in [-0.2, -0.15) is 0 Å². The van der Waals surface area contributed by atoms with E-state index in [-0.39, 0.29) is 30.2 Å². The van der Waals surface area contributed by atoms with E-state index < -0.39 is 17.6 Å². The van der Waals surface area contributed by atoms with E-state index in [9.17, 15) is 18.8 Å². The van der Waals surface area contributed by atoms with Gasteiger partial charge < -0.3 is 10.1 Å². The molecule has 0 spiro atoms. The van der Waals surface area contributed by atoms with Crippen molar-refractivity contribution in [2.75, 3.05) is 5.32 Å². The fraction of sp³-hybridized carbons (Fsp3) is 0.0833. The first-order chi connectivity index (χ1) is 16.0. The molecular formula is C24H19FN4O4. The first kappa shape index (κ1) is 21.7. The number of carbonyl (C=O) groups excluding carboxylic acids is 2. The molecule has 8 nitrogen and oxygen atoms in total. The molecule has 166 valence electrons. The topological polar surface area (TPSA) is 102 Å². The molecule has 0 aliphatic rings. The highest BCUT2D eigenvalue weighted by Gasteiger charge is 2.12. The number of fused-ring (bicyclic) bond motifs is 1. The molecule has 2 aromatic heterocycles. The number of anilines is 1. The van der Waals surface area contributed by atoms with Crippen LogP contribution in [0.2, 0.25) is 0 Å². The molecule has 0 saturated carbocycles. The lowest BCUT2D eigenvalue weighted by Crippen LogP contribution is -2.26. The number of hydrogen-bond donors (Lipinski definition) is 2. The Bertz CT molecular complexity index is 1350. The van der Waals surface area contributed by atoms with E-state index in [1.807, 2.05) is 30.3 Å². The van der Waals surface area contributed by atoms with Gasteiger partial charge in [0, 0.05) is 12.7 Å². The van der Waals surface area contributed by atoms with Crippen LogP contribution < -0.4 is 16.2 Å². The number of rotatable bonds is 6. The highest BCUT2D eigenvalue weighted by Crippen LogP contribution is 2.08. The van der Waals surface area contributed by atoms with Gasteiger partial charge in [-0.1, -0.05) is 42.5 Å². The van der Waals surface area contributed by atoms with Gasteiger partial charge in [-0.25, -0.2) is 14.2 Å². The first-order valence-corrected chi connectivity index (χ1v) is 10.0. The van der Waals surface area contributed by atoms with Crippen molar-refractivity contribution in [2.24, 2.45) is 0 Å². The number of aromatic nitrogens is 2. The lowest BCUT2D eigenvalue weighted by atomic mass is 10.2. The van der Waals surface area contributed by atoms with Crippen LogP contribution in [-0.2, 0) is 17.9 Å². The van der Waals surface area contributed by atoms with E-state index in [4.69, 9.17) is 4.74 Å². The number of halogens is 1. The van der Waals surface area contributed by atoms with Gasteiger partial charge in [0.15, 0.2) is 0 Å². The zero-order valence-electron chi connectivity index (χ0n) is 17.3. The Morgan fingerprint density at radius 1 is 0.970 bits per heavy atom. The third kappa shape index (κ3) is 5.40. The average Bonchev–Trinajstić information content (AvgIpc) is 2.84. The van der Waals surface area contributed by atoms with E-state index in [0.717, 1.165) is 11.1 Å². The molecule has 2 amide bonds. The van der Waals surface area contributed by atoms with Crippen LogP contribution in [0.25, 0.3) is 5.65 Å². The maximum atomic E-state index is 13.0. The van der Waals surface area contributed by atoms with E-state index in [1.165, 1.54) is 41.1 Å². The number of pyridine rings is 1. The normalized spacial score (nSPS) is 10.6. The van der Waals surface area contributed by atoms with Gasteiger partial charge in [-0.15, -0.1) is 0 Å². The predicted octanol–water partition coefficient (Wildman–Crippen LogP) is 3.51. The Kier molecular flexibility index (Phi) is 6.40. The maximum absolute atomic E-state index is 13.0. The summed E-state index contributed by atoms with van der Waals surface area (Å²) >= 11 is 0. The second-order valence-corrected chi connectivity index (χ2v) is 7.12. The summed E-state index contributed by atoms with van der Waals surface area (Å²) in [5.74, 6) is -0.784.